The highest BCUT2D eigenvalue weighted by atomic mass is 35.5. The van der Waals surface area contributed by atoms with Gasteiger partial charge >= 0.3 is 0 Å². The van der Waals surface area contributed by atoms with Crippen LogP contribution < -0.4 is 0 Å². The van der Waals surface area contributed by atoms with E-state index in [1.807, 2.05) is 7.05 Å². The van der Waals surface area contributed by atoms with E-state index in [1.54, 1.807) is 29.2 Å². The van der Waals surface area contributed by atoms with Crippen LogP contribution in [-0.2, 0) is 37.7 Å². The summed E-state index contributed by atoms with van der Waals surface area (Å²) in [5.74, 6) is -0.498. The molecule has 2 fully saturated rings. The number of sulfonamides is 2. The van der Waals surface area contributed by atoms with Crippen molar-refractivity contribution < 1.29 is 26.4 Å². The zero-order chi connectivity index (χ0) is 29.6. The number of nitrogens with zero attached hydrogens (tertiary/aromatic N) is 5. The van der Waals surface area contributed by atoms with E-state index in [0.717, 1.165) is 30.1 Å². The molecular weight excluding hydrogens is 624 g/mol. The Labute approximate surface area is 254 Å². The van der Waals surface area contributed by atoms with Gasteiger partial charge in [-0.15, -0.1) is 11.3 Å². The second kappa shape index (κ2) is 11.8. The predicted octanol–water partition coefficient (Wildman–Crippen LogP) is 1.83. The van der Waals surface area contributed by atoms with Crippen molar-refractivity contribution in [2.24, 2.45) is 0 Å². The van der Waals surface area contributed by atoms with E-state index < -0.39 is 26.1 Å². The van der Waals surface area contributed by atoms with Gasteiger partial charge in [-0.3, -0.25) is 4.79 Å². The van der Waals surface area contributed by atoms with Crippen LogP contribution in [0.25, 0.3) is 10.9 Å². The number of rotatable bonds is 7. The van der Waals surface area contributed by atoms with Crippen LogP contribution in [0.15, 0.2) is 29.3 Å². The Morgan fingerprint density at radius 2 is 1.88 bits per heavy atom. The minimum absolute atomic E-state index is 0.0240. The first-order valence-electron chi connectivity index (χ1n) is 13.8. The van der Waals surface area contributed by atoms with E-state index in [1.165, 1.54) is 19.9 Å². The van der Waals surface area contributed by atoms with Crippen molar-refractivity contribution in [3.8, 4) is 0 Å². The molecule has 2 saturated heterocycles. The standard InChI is InChI=1S/C26H33ClN6O6S3/c1-30-6-4-22-23(17-30)40-25(29-22)26(34)33-8-7-32(16-20(33)5-13-41(35,36)31-9-11-39-12-10-31)42(37,38)24-15-18-14-19(27)2-3-21(18)28-24/h2-3,14-15,20,28H,4-13,16-17H2,1H3. The van der Waals surface area contributed by atoms with Crippen molar-refractivity contribution >= 4 is 59.8 Å². The number of aromatic nitrogens is 2. The number of nitrogens with one attached hydrogen (secondary N) is 1. The molecule has 3 aromatic rings. The van der Waals surface area contributed by atoms with Gasteiger partial charge < -0.3 is 19.5 Å². The van der Waals surface area contributed by atoms with Gasteiger partial charge in [0.05, 0.1) is 24.7 Å². The van der Waals surface area contributed by atoms with E-state index >= 15 is 0 Å². The van der Waals surface area contributed by atoms with Crippen molar-refractivity contribution in [3.63, 3.8) is 0 Å². The molecule has 2 aromatic heterocycles. The number of hydrogen-bond acceptors (Lipinski definition) is 9. The van der Waals surface area contributed by atoms with Crippen LogP contribution in [0.3, 0.4) is 0 Å². The van der Waals surface area contributed by atoms with Crippen molar-refractivity contribution in [1.82, 2.24) is 28.4 Å². The number of carbonyl (C=O) groups excluding carboxylic acids is 1. The number of morpholine rings is 1. The average Bonchev–Trinajstić information content (AvgIpc) is 3.60. The van der Waals surface area contributed by atoms with Gasteiger partial charge in [0.15, 0.2) is 5.01 Å². The van der Waals surface area contributed by atoms with Crippen molar-refractivity contribution in [2.45, 2.75) is 30.5 Å². The number of likely N-dealkylation sites (N-methyl/N-ethyl adjacent to an activating group) is 1. The molecule has 0 spiro atoms. The van der Waals surface area contributed by atoms with Crippen LogP contribution >= 0.6 is 22.9 Å². The number of aromatic amines is 1. The molecule has 1 unspecified atom stereocenters. The third kappa shape index (κ3) is 5.98. The Balaban J connectivity index is 1.26. The molecule has 0 saturated carbocycles. The number of H-pyrrole nitrogens is 1. The van der Waals surface area contributed by atoms with Crippen molar-refractivity contribution in [1.29, 1.82) is 0 Å². The molecular formula is C26H33ClN6O6S3. The first-order valence-corrected chi connectivity index (χ1v) is 18.1. The number of fused-ring (bicyclic) bond motifs is 2. The smallest absolute Gasteiger partial charge is 0.283 e. The topological polar surface area (TPSA) is 136 Å². The van der Waals surface area contributed by atoms with E-state index in [0.29, 0.717) is 34.1 Å². The van der Waals surface area contributed by atoms with E-state index in [9.17, 15) is 21.6 Å². The van der Waals surface area contributed by atoms with Gasteiger partial charge in [0.1, 0.15) is 5.03 Å². The molecule has 12 nitrogen and oxygen atoms in total. The second-order valence-corrected chi connectivity index (χ2v) is 16.4. The second-order valence-electron chi connectivity index (χ2n) is 10.9. The normalized spacial score (nSPS) is 21.6. The van der Waals surface area contributed by atoms with Gasteiger partial charge in [0.2, 0.25) is 10.0 Å². The quantitative estimate of drug-likeness (QED) is 0.407. The fourth-order valence-electron chi connectivity index (χ4n) is 5.69. The number of amides is 1. The molecule has 1 N–H and O–H groups in total. The highest BCUT2D eigenvalue weighted by Crippen LogP contribution is 2.30. The molecule has 16 heteroatoms. The molecule has 1 atom stereocenters. The summed E-state index contributed by atoms with van der Waals surface area (Å²) in [5, 5.41) is 1.55. The minimum atomic E-state index is -3.96. The number of thiazole rings is 1. The fraction of sp³-hybridized carbons (Fsp3) is 0.538. The molecule has 3 aliphatic rings. The number of hydrogen-bond donors (Lipinski definition) is 1. The highest BCUT2D eigenvalue weighted by molar-refractivity contribution is 7.89. The minimum Gasteiger partial charge on any atom is -0.379 e. The van der Waals surface area contributed by atoms with E-state index in [-0.39, 0.29) is 55.8 Å². The number of benzene rings is 1. The number of ether oxygens (including phenoxy) is 1. The molecule has 5 heterocycles. The summed E-state index contributed by atoms with van der Waals surface area (Å²) in [6.07, 6.45) is 0.853. The third-order valence-corrected chi connectivity index (χ3v) is 13.1. The van der Waals surface area contributed by atoms with Crippen LogP contribution in [0.1, 0.15) is 26.8 Å². The first-order chi connectivity index (χ1) is 20.0. The fourth-order valence-corrected chi connectivity index (χ4v) is 10.0. The third-order valence-electron chi connectivity index (χ3n) is 8.06. The monoisotopic (exact) mass is 656 g/mol. The maximum absolute atomic E-state index is 13.8. The summed E-state index contributed by atoms with van der Waals surface area (Å²) in [4.78, 5) is 26.3. The molecule has 228 valence electrons. The number of carbonyl (C=O) groups is 1. The lowest BCUT2D eigenvalue weighted by molar-refractivity contribution is 0.0556. The van der Waals surface area contributed by atoms with Crippen molar-refractivity contribution in [3.05, 3.63) is 44.9 Å². The maximum Gasteiger partial charge on any atom is 0.283 e. The Kier molecular flexibility index (Phi) is 8.39. The first kappa shape index (κ1) is 29.9. The summed E-state index contributed by atoms with van der Waals surface area (Å²) >= 11 is 7.46. The van der Waals surface area contributed by atoms with Crippen LogP contribution in [0.4, 0.5) is 0 Å². The Morgan fingerprint density at radius 3 is 2.67 bits per heavy atom. The Hall–Kier alpha value is -2.11. The number of piperazine rings is 1. The van der Waals surface area contributed by atoms with Gasteiger partial charge in [-0.1, -0.05) is 11.6 Å². The zero-order valence-corrected chi connectivity index (χ0v) is 26.4. The molecule has 0 aliphatic carbocycles. The SMILES string of the molecule is CN1CCc2nc(C(=O)N3CCN(S(=O)(=O)c4cc5cc(Cl)ccc5[nH]4)CC3CCS(=O)(=O)N3CCOCC3)sc2C1. The molecule has 1 aromatic carbocycles. The summed E-state index contributed by atoms with van der Waals surface area (Å²) < 4.78 is 61.9. The van der Waals surface area contributed by atoms with Gasteiger partial charge in [0.25, 0.3) is 15.9 Å². The number of halogens is 1. The van der Waals surface area contributed by atoms with Crippen LogP contribution in [-0.4, -0.2) is 122 Å². The molecule has 6 rings (SSSR count). The lowest BCUT2D eigenvalue weighted by Gasteiger charge is -2.40. The van der Waals surface area contributed by atoms with Crippen LogP contribution in [0, 0.1) is 0 Å². The Bertz CT molecular complexity index is 1700. The Morgan fingerprint density at radius 1 is 1.10 bits per heavy atom. The summed E-state index contributed by atoms with van der Waals surface area (Å²) in [6.45, 7) is 2.97. The summed E-state index contributed by atoms with van der Waals surface area (Å²) in [6, 6.07) is 5.98. The molecule has 42 heavy (non-hydrogen) atoms. The largest absolute Gasteiger partial charge is 0.379 e. The van der Waals surface area contributed by atoms with Gasteiger partial charge in [0, 0.05) is 79.1 Å². The molecule has 1 amide bonds. The van der Waals surface area contributed by atoms with Gasteiger partial charge in [-0.2, -0.15) is 8.61 Å². The van der Waals surface area contributed by atoms with Gasteiger partial charge in [-0.05, 0) is 37.7 Å². The lowest BCUT2D eigenvalue weighted by atomic mass is 10.1. The summed E-state index contributed by atoms with van der Waals surface area (Å²) in [5.41, 5.74) is 1.56. The van der Waals surface area contributed by atoms with E-state index in [2.05, 4.69) is 14.9 Å². The van der Waals surface area contributed by atoms with Gasteiger partial charge in [-0.25, -0.2) is 21.8 Å². The predicted molar refractivity (Wildman–Crippen MR) is 160 cm³/mol. The van der Waals surface area contributed by atoms with E-state index in [4.69, 9.17) is 16.3 Å². The average molecular weight is 657 g/mol. The highest BCUT2D eigenvalue weighted by Gasteiger charge is 2.39. The van der Waals surface area contributed by atoms with Crippen LogP contribution in [0.5, 0.6) is 0 Å². The van der Waals surface area contributed by atoms with Crippen molar-refractivity contribution in [2.75, 3.05) is 65.3 Å². The molecule has 3 aliphatic heterocycles. The molecule has 0 bridgehead atoms. The zero-order valence-electron chi connectivity index (χ0n) is 23.2. The lowest BCUT2D eigenvalue weighted by Crippen LogP contribution is -2.57. The van der Waals surface area contributed by atoms with Crippen LogP contribution in [0.2, 0.25) is 5.02 Å². The summed E-state index contributed by atoms with van der Waals surface area (Å²) in [7, 11) is -5.56. The maximum atomic E-state index is 13.8. The molecule has 0 radical (unpaired) electrons.